The van der Waals surface area contributed by atoms with Crippen molar-refractivity contribution in [2.45, 2.75) is 33.9 Å². The Morgan fingerprint density at radius 1 is 0.733 bits per heavy atom. The molecular formula is C14H20Ge. The van der Waals surface area contributed by atoms with Gasteiger partial charge in [0, 0.05) is 0 Å². The van der Waals surface area contributed by atoms with E-state index in [1.54, 1.807) is 0 Å². The van der Waals surface area contributed by atoms with Gasteiger partial charge in [-0.15, -0.1) is 0 Å². The SMILES string of the molecule is [CH3][Ge]([CH3])([CH]1C=CCC=C1)[CH]1C=CCC=C1. The summed E-state index contributed by atoms with van der Waals surface area (Å²) in [5, 5.41) is 0. The van der Waals surface area contributed by atoms with Gasteiger partial charge in [0.15, 0.2) is 0 Å². The van der Waals surface area contributed by atoms with Gasteiger partial charge in [0.25, 0.3) is 0 Å². The second-order valence-corrected chi connectivity index (χ2v) is 15.5. The number of allylic oxidation sites excluding steroid dienone is 8. The average Bonchev–Trinajstić information content (AvgIpc) is 2.31. The van der Waals surface area contributed by atoms with Crippen LogP contribution in [0.3, 0.4) is 0 Å². The van der Waals surface area contributed by atoms with Gasteiger partial charge in [0.05, 0.1) is 0 Å². The van der Waals surface area contributed by atoms with Gasteiger partial charge in [-0.25, -0.2) is 0 Å². The molecule has 2 rings (SSSR count). The third kappa shape index (κ3) is 2.36. The molecule has 0 radical (unpaired) electrons. The first kappa shape index (κ1) is 11.0. The molecule has 0 aromatic carbocycles. The van der Waals surface area contributed by atoms with E-state index in [0.29, 0.717) is 0 Å². The van der Waals surface area contributed by atoms with Gasteiger partial charge in [-0.1, -0.05) is 0 Å². The molecule has 15 heavy (non-hydrogen) atoms. The van der Waals surface area contributed by atoms with Crippen LogP contribution in [0.25, 0.3) is 0 Å². The van der Waals surface area contributed by atoms with Crippen molar-refractivity contribution in [2.24, 2.45) is 0 Å². The molecule has 0 atom stereocenters. The molecule has 0 aromatic rings. The van der Waals surface area contributed by atoms with Crippen LogP contribution in [0.4, 0.5) is 0 Å². The molecule has 0 nitrogen and oxygen atoms in total. The summed E-state index contributed by atoms with van der Waals surface area (Å²) in [4.78, 5) is 0. The van der Waals surface area contributed by atoms with Crippen molar-refractivity contribution in [3.8, 4) is 0 Å². The zero-order chi connectivity index (χ0) is 10.7. The standard InChI is InChI=1S/C14H20Ge/c1-15(2,13-9-5-3-6-10-13)14-11-7-4-8-12-14/h5-14H,3-4H2,1-2H3. The molecule has 0 saturated carbocycles. The van der Waals surface area contributed by atoms with Crippen LogP contribution in [-0.4, -0.2) is 13.3 Å². The van der Waals surface area contributed by atoms with Crippen molar-refractivity contribution in [2.75, 3.05) is 0 Å². The number of hydrogen-bond donors (Lipinski definition) is 0. The van der Waals surface area contributed by atoms with Crippen LogP contribution in [0.5, 0.6) is 0 Å². The van der Waals surface area contributed by atoms with E-state index in [-0.39, 0.29) is 0 Å². The number of rotatable bonds is 2. The van der Waals surface area contributed by atoms with Crippen LogP contribution in [0.2, 0.25) is 21.0 Å². The Balaban J connectivity index is 2.17. The molecular weight excluding hydrogens is 241 g/mol. The molecule has 2 aliphatic carbocycles. The fourth-order valence-electron chi connectivity index (χ4n) is 2.40. The summed E-state index contributed by atoms with van der Waals surface area (Å²) in [7, 11) is 0. The number of hydrogen-bond acceptors (Lipinski definition) is 0. The molecule has 0 aliphatic heterocycles. The van der Waals surface area contributed by atoms with E-state index in [0.717, 1.165) is 22.3 Å². The van der Waals surface area contributed by atoms with E-state index >= 15 is 0 Å². The quantitative estimate of drug-likeness (QED) is 0.508. The molecule has 0 bridgehead atoms. The maximum absolute atomic E-state index is 2.55. The third-order valence-electron chi connectivity index (χ3n) is 3.64. The zero-order valence-corrected chi connectivity index (χ0v) is 11.8. The Labute approximate surface area is 95.8 Å². The van der Waals surface area contributed by atoms with Gasteiger partial charge in [0.2, 0.25) is 0 Å². The molecule has 80 valence electrons. The second kappa shape index (κ2) is 4.57. The first-order valence-electron chi connectivity index (χ1n) is 5.88. The van der Waals surface area contributed by atoms with Gasteiger partial charge >= 0.3 is 95.7 Å². The summed E-state index contributed by atoms with van der Waals surface area (Å²) < 4.78 is 1.52. The van der Waals surface area contributed by atoms with E-state index in [4.69, 9.17) is 0 Å². The minimum absolute atomic E-state index is 0.760. The first-order chi connectivity index (χ1) is 7.21. The van der Waals surface area contributed by atoms with E-state index in [2.05, 4.69) is 60.1 Å². The fraction of sp³-hybridized carbons (Fsp3) is 0.429. The topological polar surface area (TPSA) is 0 Å². The summed E-state index contributed by atoms with van der Waals surface area (Å²) in [6.45, 7) is 0. The second-order valence-electron chi connectivity index (χ2n) is 5.06. The molecule has 0 aromatic heterocycles. The molecule has 2 aliphatic rings. The first-order valence-corrected chi connectivity index (χ1v) is 12.5. The van der Waals surface area contributed by atoms with Gasteiger partial charge < -0.3 is 0 Å². The molecule has 0 amide bonds. The summed E-state index contributed by atoms with van der Waals surface area (Å²) >= 11 is -1.79. The molecule has 0 unspecified atom stereocenters. The van der Waals surface area contributed by atoms with Crippen molar-refractivity contribution >= 4 is 13.3 Å². The summed E-state index contributed by atoms with van der Waals surface area (Å²) in [6.07, 6.45) is 21.3. The monoisotopic (exact) mass is 262 g/mol. The van der Waals surface area contributed by atoms with E-state index in [9.17, 15) is 0 Å². The van der Waals surface area contributed by atoms with Gasteiger partial charge in [0.1, 0.15) is 0 Å². The van der Waals surface area contributed by atoms with Crippen LogP contribution >= 0.6 is 0 Å². The minimum atomic E-state index is -1.79. The van der Waals surface area contributed by atoms with Crippen molar-refractivity contribution < 1.29 is 0 Å². The van der Waals surface area contributed by atoms with Crippen LogP contribution in [0, 0.1) is 0 Å². The molecule has 0 N–H and O–H groups in total. The van der Waals surface area contributed by atoms with Crippen molar-refractivity contribution in [1.29, 1.82) is 0 Å². The van der Waals surface area contributed by atoms with Gasteiger partial charge in [-0.05, 0) is 0 Å². The predicted octanol–water partition coefficient (Wildman–Crippen LogP) is 4.47. The Morgan fingerprint density at radius 2 is 1.07 bits per heavy atom. The summed E-state index contributed by atoms with van der Waals surface area (Å²) in [6, 6.07) is 0. The van der Waals surface area contributed by atoms with Crippen molar-refractivity contribution in [3.63, 3.8) is 0 Å². The maximum atomic E-state index is 2.55. The molecule has 0 fully saturated rings. The summed E-state index contributed by atoms with van der Waals surface area (Å²) in [5.74, 6) is 5.10. The molecule has 0 spiro atoms. The molecule has 1 heteroatoms. The zero-order valence-electron chi connectivity index (χ0n) is 9.69. The normalized spacial score (nSPS) is 22.5. The third-order valence-corrected chi connectivity index (χ3v) is 12.5. The predicted molar refractivity (Wildman–Crippen MR) is 70.8 cm³/mol. The van der Waals surface area contributed by atoms with Crippen LogP contribution in [0.1, 0.15) is 12.8 Å². The van der Waals surface area contributed by atoms with Gasteiger partial charge in [-0.3, -0.25) is 0 Å². The van der Waals surface area contributed by atoms with Crippen LogP contribution in [0.15, 0.2) is 48.6 Å². The van der Waals surface area contributed by atoms with E-state index in [1.807, 2.05) is 0 Å². The Bertz CT molecular complexity index is 275. The fourth-order valence-corrected chi connectivity index (χ4v) is 8.64. The summed E-state index contributed by atoms with van der Waals surface area (Å²) in [5.41, 5.74) is 0. The molecule has 0 saturated heterocycles. The molecule has 0 heterocycles. The van der Waals surface area contributed by atoms with E-state index < -0.39 is 13.3 Å². The van der Waals surface area contributed by atoms with Crippen molar-refractivity contribution in [1.82, 2.24) is 0 Å². The Morgan fingerprint density at radius 3 is 1.40 bits per heavy atom. The van der Waals surface area contributed by atoms with Crippen LogP contribution in [-0.2, 0) is 0 Å². The van der Waals surface area contributed by atoms with Gasteiger partial charge in [-0.2, -0.15) is 0 Å². The van der Waals surface area contributed by atoms with Crippen LogP contribution < -0.4 is 0 Å². The average molecular weight is 261 g/mol. The Kier molecular flexibility index (Phi) is 3.35. The Hall–Kier alpha value is -0.497. The van der Waals surface area contributed by atoms with E-state index in [1.165, 1.54) is 0 Å². The van der Waals surface area contributed by atoms with Crippen molar-refractivity contribution in [3.05, 3.63) is 48.6 Å².